The summed E-state index contributed by atoms with van der Waals surface area (Å²) in [4.78, 5) is 29.9. The zero-order valence-corrected chi connectivity index (χ0v) is 14.9. The molecule has 0 saturated carbocycles. The van der Waals surface area contributed by atoms with Gasteiger partial charge in [0, 0.05) is 32.7 Å². The molecular formula is C18H16N2O3S2. The topological polar surface area (TPSA) is 69.6 Å². The van der Waals surface area contributed by atoms with Crippen LogP contribution < -0.4 is 5.32 Å². The lowest BCUT2D eigenvalue weighted by Gasteiger charge is -2.33. The molecule has 1 saturated heterocycles. The van der Waals surface area contributed by atoms with Crippen molar-refractivity contribution in [3.8, 4) is 0 Å². The van der Waals surface area contributed by atoms with Gasteiger partial charge in [-0.15, -0.1) is 0 Å². The first-order valence-corrected chi connectivity index (χ1v) is 9.58. The molecule has 4 rings (SSSR count). The van der Waals surface area contributed by atoms with Gasteiger partial charge < -0.3 is 10.4 Å². The second kappa shape index (κ2) is 6.74. The molecular weight excluding hydrogens is 356 g/mol. The van der Waals surface area contributed by atoms with Gasteiger partial charge >= 0.3 is 5.97 Å². The Hall–Kier alpha value is -1.96. The minimum absolute atomic E-state index is 0.106. The Morgan fingerprint density at radius 2 is 1.80 bits per heavy atom. The number of carbonyl (C=O) groups excluding carboxylic acids is 1. The molecule has 1 atom stereocenters. The summed E-state index contributed by atoms with van der Waals surface area (Å²) in [6.07, 6.45) is 0. The van der Waals surface area contributed by atoms with Gasteiger partial charge in [-0.3, -0.25) is 14.5 Å². The average Bonchev–Trinajstić information content (AvgIpc) is 2.60. The predicted molar refractivity (Wildman–Crippen MR) is 96.1 cm³/mol. The van der Waals surface area contributed by atoms with Crippen molar-refractivity contribution >= 4 is 35.4 Å². The van der Waals surface area contributed by atoms with E-state index in [4.69, 9.17) is 0 Å². The summed E-state index contributed by atoms with van der Waals surface area (Å²) in [5.41, 5.74) is 0.756. The number of aliphatic carboxylic acids is 1. The Balaban J connectivity index is 1.75. The van der Waals surface area contributed by atoms with Gasteiger partial charge in [-0.2, -0.15) is 0 Å². The summed E-state index contributed by atoms with van der Waals surface area (Å²) in [7, 11) is 0. The van der Waals surface area contributed by atoms with Crippen LogP contribution in [-0.2, 0) is 9.59 Å². The number of nitrogens with one attached hydrogen (secondary N) is 1. The maximum absolute atomic E-state index is 12.0. The van der Waals surface area contributed by atoms with Crippen molar-refractivity contribution in [1.29, 1.82) is 0 Å². The van der Waals surface area contributed by atoms with Crippen molar-refractivity contribution in [3.63, 3.8) is 0 Å². The molecule has 5 nitrogen and oxygen atoms in total. The van der Waals surface area contributed by atoms with E-state index in [0.29, 0.717) is 13.1 Å². The summed E-state index contributed by atoms with van der Waals surface area (Å²) in [6.45, 7) is 1.11. The van der Waals surface area contributed by atoms with Crippen molar-refractivity contribution in [1.82, 2.24) is 10.2 Å². The van der Waals surface area contributed by atoms with Gasteiger partial charge in [-0.05, 0) is 23.8 Å². The number of hydrogen-bond acceptors (Lipinski definition) is 5. The van der Waals surface area contributed by atoms with E-state index >= 15 is 0 Å². The van der Waals surface area contributed by atoms with Gasteiger partial charge in [-0.1, -0.05) is 47.8 Å². The second-order valence-electron chi connectivity index (χ2n) is 5.89. The van der Waals surface area contributed by atoms with Gasteiger partial charge in [0.2, 0.25) is 5.91 Å². The lowest BCUT2D eigenvalue weighted by atomic mass is 10.0. The Morgan fingerprint density at radius 1 is 1.08 bits per heavy atom. The van der Waals surface area contributed by atoms with Crippen LogP contribution in [0.25, 0.3) is 0 Å². The number of carboxylic acid groups (broad SMARTS) is 1. The minimum atomic E-state index is -0.924. The molecule has 2 heterocycles. The number of rotatable bonds is 3. The minimum Gasteiger partial charge on any atom is -0.480 e. The van der Waals surface area contributed by atoms with Gasteiger partial charge in [-0.25, -0.2) is 0 Å². The van der Waals surface area contributed by atoms with E-state index < -0.39 is 12.0 Å². The van der Waals surface area contributed by atoms with Crippen molar-refractivity contribution in [3.05, 3.63) is 48.0 Å². The first-order valence-electron chi connectivity index (χ1n) is 7.94. The Morgan fingerprint density at radius 3 is 2.52 bits per heavy atom. The van der Waals surface area contributed by atoms with Gasteiger partial charge in [0.05, 0.1) is 6.54 Å². The molecule has 0 aliphatic carbocycles. The van der Waals surface area contributed by atoms with E-state index in [1.807, 2.05) is 30.3 Å². The molecule has 0 bridgehead atoms. The fraction of sp³-hybridized carbons (Fsp3) is 0.222. The highest BCUT2D eigenvalue weighted by molar-refractivity contribution is 8.05. The van der Waals surface area contributed by atoms with Crippen molar-refractivity contribution in [2.75, 3.05) is 19.6 Å². The van der Waals surface area contributed by atoms with Crippen LogP contribution in [0.2, 0.25) is 0 Å². The van der Waals surface area contributed by atoms with Crippen LogP contribution in [-0.4, -0.2) is 41.5 Å². The number of carbonyl (C=O) groups is 2. The molecule has 128 valence electrons. The molecule has 1 fully saturated rings. The third-order valence-corrected chi connectivity index (χ3v) is 6.88. The Labute approximate surface area is 153 Å². The first-order chi connectivity index (χ1) is 12.1. The lowest BCUT2D eigenvalue weighted by Crippen LogP contribution is -2.50. The molecule has 0 unspecified atom stereocenters. The normalized spacial score (nSPS) is 18.0. The zero-order chi connectivity index (χ0) is 17.4. The molecule has 25 heavy (non-hydrogen) atoms. The third kappa shape index (κ3) is 3.15. The molecule has 1 amide bonds. The number of piperazine rings is 1. The zero-order valence-electron chi connectivity index (χ0n) is 13.3. The summed E-state index contributed by atoms with van der Waals surface area (Å²) in [5, 5.41) is 12.6. The quantitative estimate of drug-likeness (QED) is 0.737. The van der Waals surface area contributed by atoms with E-state index in [-0.39, 0.29) is 12.5 Å². The summed E-state index contributed by atoms with van der Waals surface area (Å²) >= 11 is 3.27. The number of nitrogens with zero attached hydrogens (tertiary/aromatic N) is 1. The smallest absolute Gasteiger partial charge is 0.325 e. The number of hydrogen-bond donors (Lipinski definition) is 2. The van der Waals surface area contributed by atoms with Crippen LogP contribution in [0, 0.1) is 0 Å². The predicted octanol–water partition coefficient (Wildman–Crippen LogP) is 2.86. The van der Waals surface area contributed by atoms with Crippen LogP contribution in [0.15, 0.2) is 62.0 Å². The Kier molecular flexibility index (Phi) is 4.45. The Bertz CT molecular complexity index is 856. The number of carboxylic acids is 1. The van der Waals surface area contributed by atoms with Gasteiger partial charge in [0.1, 0.15) is 6.04 Å². The van der Waals surface area contributed by atoms with E-state index in [0.717, 1.165) is 20.2 Å². The average molecular weight is 372 g/mol. The molecule has 0 aromatic heterocycles. The number of amides is 1. The fourth-order valence-corrected chi connectivity index (χ4v) is 5.56. The molecule has 2 aliphatic heterocycles. The van der Waals surface area contributed by atoms with E-state index in [1.165, 1.54) is 4.90 Å². The SMILES string of the molecule is O=C1CN([C@H](C(=O)O)c2cccc3c2Sc2ccccc2S3)CCN1. The van der Waals surface area contributed by atoms with Crippen molar-refractivity contribution < 1.29 is 14.7 Å². The molecule has 2 aromatic rings. The van der Waals surface area contributed by atoms with E-state index in [9.17, 15) is 14.7 Å². The van der Waals surface area contributed by atoms with Gasteiger partial charge in [0.15, 0.2) is 0 Å². The fourth-order valence-electron chi connectivity index (χ4n) is 3.15. The van der Waals surface area contributed by atoms with Crippen LogP contribution in [0.3, 0.4) is 0 Å². The standard InChI is InChI=1S/C18H16N2O3S2/c21-15-10-20(9-8-19-15)16(18(22)23)11-4-3-7-14-17(11)25-13-6-2-1-5-12(13)24-14/h1-7,16H,8-10H2,(H,19,21)(H,22,23)/t16-/m0/s1. The van der Waals surface area contributed by atoms with E-state index in [2.05, 4.69) is 17.4 Å². The largest absolute Gasteiger partial charge is 0.480 e. The maximum Gasteiger partial charge on any atom is 0.325 e. The molecule has 0 spiro atoms. The first kappa shape index (κ1) is 16.5. The van der Waals surface area contributed by atoms with Crippen LogP contribution in [0.5, 0.6) is 0 Å². The number of benzene rings is 2. The highest BCUT2D eigenvalue weighted by Crippen LogP contribution is 2.51. The highest BCUT2D eigenvalue weighted by atomic mass is 32.2. The molecule has 2 aromatic carbocycles. The molecule has 0 radical (unpaired) electrons. The molecule has 7 heteroatoms. The maximum atomic E-state index is 12.0. The van der Waals surface area contributed by atoms with Crippen LogP contribution in [0.1, 0.15) is 11.6 Å². The van der Waals surface area contributed by atoms with Crippen LogP contribution in [0.4, 0.5) is 0 Å². The second-order valence-corrected chi connectivity index (χ2v) is 8.02. The lowest BCUT2D eigenvalue weighted by molar-refractivity contribution is -0.145. The van der Waals surface area contributed by atoms with E-state index in [1.54, 1.807) is 28.4 Å². The number of fused-ring (bicyclic) bond motifs is 2. The third-order valence-electron chi connectivity index (χ3n) is 4.25. The summed E-state index contributed by atoms with van der Waals surface area (Å²) in [6, 6.07) is 13.1. The summed E-state index contributed by atoms with van der Waals surface area (Å²) in [5.74, 6) is -1.05. The monoisotopic (exact) mass is 372 g/mol. The van der Waals surface area contributed by atoms with Crippen molar-refractivity contribution in [2.24, 2.45) is 0 Å². The highest BCUT2D eigenvalue weighted by Gasteiger charge is 2.34. The summed E-state index contributed by atoms with van der Waals surface area (Å²) < 4.78 is 0. The molecule has 2 aliphatic rings. The van der Waals surface area contributed by atoms with Gasteiger partial charge in [0.25, 0.3) is 0 Å². The van der Waals surface area contributed by atoms with Crippen molar-refractivity contribution in [2.45, 2.75) is 25.6 Å². The molecule has 2 N–H and O–H groups in total. The van der Waals surface area contributed by atoms with Crippen LogP contribution >= 0.6 is 23.5 Å².